The van der Waals surface area contributed by atoms with Crippen LogP contribution in [-0.4, -0.2) is 19.6 Å². The lowest BCUT2D eigenvalue weighted by Crippen LogP contribution is -2.44. The van der Waals surface area contributed by atoms with Gasteiger partial charge in [-0.05, 0) is 36.0 Å². The van der Waals surface area contributed by atoms with Crippen LogP contribution in [0, 0.1) is 11.2 Å². The normalized spacial score (nSPS) is 14.7. The summed E-state index contributed by atoms with van der Waals surface area (Å²) in [5.41, 5.74) is 5.53. The predicted molar refractivity (Wildman–Crippen MR) is 77.8 cm³/mol. The SMILES string of the molecule is COC(=O)C(CN)(CCC(C)(C)C)c1cccc(F)c1. The maximum Gasteiger partial charge on any atom is 0.317 e. The second-order valence-corrected chi connectivity index (χ2v) is 6.35. The zero-order valence-electron chi connectivity index (χ0n) is 12.7. The van der Waals surface area contributed by atoms with Crippen molar-refractivity contribution in [1.82, 2.24) is 0 Å². The Kier molecular flexibility index (Phi) is 5.28. The van der Waals surface area contributed by atoms with Gasteiger partial charge in [0, 0.05) is 6.54 Å². The number of esters is 1. The minimum absolute atomic E-state index is 0.0573. The average Bonchev–Trinajstić information content (AvgIpc) is 2.38. The molecule has 0 aliphatic heterocycles. The van der Waals surface area contributed by atoms with Crippen molar-refractivity contribution in [3.05, 3.63) is 35.6 Å². The molecule has 0 saturated carbocycles. The number of nitrogens with two attached hydrogens (primary N) is 1. The van der Waals surface area contributed by atoms with Crippen molar-refractivity contribution < 1.29 is 13.9 Å². The van der Waals surface area contributed by atoms with Crippen LogP contribution in [0.1, 0.15) is 39.2 Å². The molecule has 0 spiro atoms. The van der Waals surface area contributed by atoms with E-state index in [2.05, 4.69) is 20.8 Å². The third-order valence-electron chi connectivity index (χ3n) is 3.60. The Morgan fingerprint density at radius 1 is 1.30 bits per heavy atom. The molecule has 0 aliphatic carbocycles. The van der Waals surface area contributed by atoms with Crippen LogP contribution in [0.3, 0.4) is 0 Å². The number of carbonyl (C=O) groups is 1. The van der Waals surface area contributed by atoms with Crippen LogP contribution < -0.4 is 5.73 Å². The molecule has 0 bridgehead atoms. The van der Waals surface area contributed by atoms with Crippen molar-refractivity contribution >= 4 is 5.97 Å². The van der Waals surface area contributed by atoms with Gasteiger partial charge in [-0.1, -0.05) is 32.9 Å². The highest BCUT2D eigenvalue weighted by Gasteiger charge is 2.41. The number of hydrogen-bond acceptors (Lipinski definition) is 3. The van der Waals surface area contributed by atoms with E-state index in [0.717, 1.165) is 6.42 Å². The zero-order valence-corrected chi connectivity index (χ0v) is 12.7. The molecule has 1 atom stereocenters. The lowest BCUT2D eigenvalue weighted by molar-refractivity contribution is -0.147. The Bertz CT molecular complexity index is 468. The van der Waals surface area contributed by atoms with E-state index in [9.17, 15) is 9.18 Å². The Labute approximate surface area is 120 Å². The number of carbonyl (C=O) groups excluding carboxylic acids is 1. The van der Waals surface area contributed by atoms with Gasteiger partial charge < -0.3 is 10.5 Å². The molecule has 0 aliphatic rings. The van der Waals surface area contributed by atoms with E-state index in [-0.39, 0.29) is 17.8 Å². The standard InChI is InChI=1S/C16H24FNO2/c1-15(2,3)8-9-16(11-18,14(19)20-4)12-6-5-7-13(17)10-12/h5-7,10H,8-9,11,18H2,1-4H3. The second kappa shape index (κ2) is 6.35. The van der Waals surface area contributed by atoms with E-state index in [4.69, 9.17) is 10.5 Å². The van der Waals surface area contributed by atoms with Crippen LogP contribution in [0.25, 0.3) is 0 Å². The third-order valence-corrected chi connectivity index (χ3v) is 3.60. The maximum atomic E-state index is 13.5. The Morgan fingerprint density at radius 2 is 1.95 bits per heavy atom. The van der Waals surface area contributed by atoms with Crippen LogP contribution in [0.5, 0.6) is 0 Å². The van der Waals surface area contributed by atoms with Gasteiger partial charge in [-0.3, -0.25) is 4.79 Å². The number of benzene rings is 1. The van der Waals surface area contributed by atoms with Crippen molar-refractivity contribution in [3.8, 4) is 0 Å². The largest absolute Gasteiger partial charge is 0.468 e. The summed E-state index contributed by atoms with van der Waals surface area (Å²) in [6, 6.07) is 6.04. The summed E-state index contributed by atoms with van der Waals surface area (Å²) in [6.07, 6.45) is 1.32. The van der Waals surface area contributed by atoms with Gasteiger partial charge in [0.05, 0.1) is 7.11 Å². The monoisotopic (exact) mass is 281 g/mol. The van der Waals surface area contributed by atoms with Gasteiger partial charge in [-0.15, -0.1) is 0 Å². The van der Waals surface area contributed by atoms with E-state index in [0.29, 0.717) is 12.0 Å². The number of ether oxygens (including phenoxy) is 1. The van der Waals surface area contributed by atoms with E-state index in [1.807, 2.05) is 0 Å². The third kappa shape index (κ3) is 3.79. The highest BCUT2D eigenvalue weighted by atomic mass is 19.1. The summed E-state index contributed by atoms with van der Waals surface area (Å²) < 4.78 is 18.4. The quantitative estimate of drug-likeness (QED) is 0.844. The molecule has 4 heteroatoms. The first kappa shape index (κ1) is 16.6. The number of methoxy groups -OCH3 is 1. The van der Waals surface area contributed by atoms with E-state index in [1.54, 1.807) is 12.1 Å². The predicted octanol–water partition coefficient (Wildman–Crippen LogP) is 3.02. The molecular formula is C16H24FNO2. The van der Waals surface area contributed by atoms with Gasteiger partial charge in [0.25, 0.3) is 0 Å². The van der Waals surface area contributed by atoms with E-state index in [1.165, 1.54) is 19.2 Å². The average molecular weight is 281 g/mol. The molecule has 0 fully saturated rings. The molecule has 20 heavy (non-hydrogen) atoms. The molecule has 1 unspecified atom stereocenters. The Hall–Kier alpha value is -1.42. The summed E-state index contributed by atoms with van der Waals surface area (Å²) in [7, 11) is 1.34. The zero-order chi connectivity index (χ0) is 15.4. The molecule has 1 aromatic carbocycles. The van der Waals surface area contributed by atoms with E-state index >= 15 is 0 Å². The van der Waals surface area contributed by atoms with Crippen molar-refractivity contribution in [3.63, 3.8) is 0 Å². The first-order valence-corrected chi connectivity index (χ1v) is 6.80. The van der Waals surface area contributed by atoms with Crippen LogP contribution >= 0.6 is 0 Å². The van der Waals surface area contributed by atoms with Gasteiger partial charge in [-0.25, -0.2) is 4.39 Å². The summed E-state index contributed by atoms with van der Waals surface area (Å²) in [5.74, 6) is -0.783. The fraction of sp³-hybridized carbons (Fsp3) is 0.562. The van der Waals surface area contributed by atoms with Gasteiger partial charge in [-0.2, -0.15) is 0 Å². The van der Waals surface area contributed by atoms with Crippen molar-refractivity contribution in [1.29, 1.82) is 0 Å². The molecule has 0 radical (unpaired) electrons. The number of rotatable bonds is 5. The van der Waals surface area contributed by atoms with Crippen LogP contribution in [0.4, 0.5) is 4.39 Å². The van der Waals surface area contributed by atoms with E-state index < -0.39 is 11.4 Å². The van der Waals surface area contributed by atoms with Crippen molar-refractivity contribution in [2.45, 2.75) is 39.0 Å². The van der Waals surface area contributed by atoms with Crippen molar-refractivity contribution in [2.75, 3.05) is 13.7 Å². The topological polar surface area (TPSA) is 52.3 Å². The molecule has 0 amide bonds. The highest BCUT2D eigenvalue weighted by Crippen LogP contribution is 2.35. The number of halogens is 1. The minimum atomic E-state index is -0.982. The van der Waals surface area contributed by atoms with Crippen LogP contribution in [0.2, 0.25) is 0 Å². The van der Waals surface area contributed by atoms with Gasteiger partial charge in [0.1, 0.15) is 11.2 Å². The minimum Gasteiger partial charge on any atom is -0.468 e. The molecule has 0 heterocycles. The summed E-state index contributed by atoms with van der Waals surface area (Å²) in [6.45, 7) is 6.38. The summed E-state index contributed by atoms with van der Waals surface area (Å²) >= 11 is 0. The van der Waals surface area contributed by atoms with Crippen LogP contribution in [-0.2, 0) is 14.9 Å². The fourth-order valence-corrected chi connectivity index (χ4v) is 2.24. The number of hydrogen-bond donors (Lipinski definition) is 1. The van der Waals surface area contributed by atoms with Crippen LogP contribution in [0.15, 0.2) is 24.3 Å². The maximum absolute atomic E-state index is 13.5. The summed E-state index contributed by atoms with van der Waals surface area (Å²) in [4.78, 5) is 12.3. The Morgan fingerprint density at radius 3 is 2.40 bits per heavy atom. The first-order valence-electron chi connectivity index (χ1n) is 6.80. The molecule has 1 rings (SSSR count). The van der Waals surface area contributed by atoms with Gasteiger partial charge in [0.15, 0.2) is 0 Å². The molecule has 112 valence electrons. The molecule has 3 nitrogen and oxygen atoms in total. The fourth-order valence-electron chi connectivity index (χ4n) is 2.24. The smallest absolute Gasteiger partial charge is 0.317 e. The molecular weight excluding hydrogens is 257 g/mol. The highest BCUT2D eigenvalue weighted by molar-refractivity contribution is 5.83. The lowest BCUT2D eigenvalue weighted by atomic mass is 9.73. The van der Waals surface area contributed by atoms with Gasteiger partial charge in [0.2, 0.25) is 0 Å². The molecule has 1 aromatic rings. The van der Waals surface area contributed by atoms with Gasteiger partial charge >= 0.3 is 5.97 Å². The molecule has 2 N–H and O–H groups in total. The lowest BCUT2D eigenvalue weighted by Gasteiger charge is -2.33. The second-order valence-electron chi connectivity index (χ2n) is 6.35. The molecule has 0 aromatic heterocycles. The van der Waals surface area contributed by atoms with Crippen molar-refractivity contribution in [2.24, 2.45) is 11.1 Å². The first-order chi connectivity index (χ1) is 9.25. The Balaban J connectivity index is 3.21. The molecule has 0 saturated heterocycles. The summed E-state index contributed by atoms with van der Waals surface area (Å²) in [5, 5.41) is 0.